The zero-order valence-corrected chi connectivity index (χ0v) is 8.84. The molecule has 2 heteroatoms. The van der Waals surface area contributed by atoms with Crippen LogP contribution < -0.4 is 0 Å². The number of aliphatic hydroxyl groups is 1. The first-order valence-corrected chi connectivity index (χ1v) is 4.60. The molecule has 1 aromatic rings. The van der Waals surface area contributed by atoms with Gasteiger partial charge in [0.2, 0.25) is 0 Å². The normalized spacial score (nSPS) is 10.2. The van der Waals surface area contributed by atoms with Gasteiger partial charge in [0.05, 0.1) is 6.61 Å². The molecule has 1 nitrogen and oxygen atoms in total. The van der Waals surface area contributed by atoms with E-state index in [0.717, 1.165) is 5.56 Å². The maximum Gasteiger partial charge on any atom is 0.0684 e. The molecule has 1 N–H and O–H groups in total. The fraction of sp³-hybridized carbons (Fsp3) is 0.333. The fourth-order valence-electron chi connectivity index (χ4n) is 1.02. The van der Waals surface area contributed by atoms with Crippen LogP contribution in [0.3, 0.4) is 0 Å². The Kier molecular flexibility index (Phi) is 2.90. The van der Waals surface area contributed by atoms with Gasteiger partial charge in [-0.15, -0.1) is 0 Å². The lowest BCUT2D eigenvalue weighted by atomic mass is 10.0. The number of rotatable bonds is 1. The summed E-state index contributed by atoms with van der Waals surface area (Å²) in [5.74, 6) is 0. The molecule has 0 aliphatic heterocycles. The molecule has 0 aliphatic rings. The Morgan fingerprint density at radius 3 is 2.45 bits per heavy atom. The molecule has 0 saturated carbocycles. The van der Waals surface area contributed by atoms with Gasteiger partial charge >= 0.3 is 0 Å². The second-order valence-corrected chi connectivity index (χ2v) is 3.78. The average Bonchev–Trinajstić information content (AvgIpc) is 2.01. The summed E-state index contributed by atoms with van der Waals surface area (Å²) in [7, 11) is 0. The van der Waals surface area contributed by atoms with E-state index in [1.165, 1.54) is 14.7 Å². The first kappa shape index (κ1) is 9.00. The summed E-state index contributed by atoms with van der Waals surface area (Å²) < 4.78 is 1.26. The lowest BCUT2D eigenvalue weighted by molar-refractivity contribution is 0.281. The molecule has 1 rings (SSSR count). The number of aliphatic hydroxyl groups excluding tert-OH is 1. The number of benzene rings is 1. The summed E-state index contributed by atoms with van der Waals surface area (Å²) in [5.41, 5.74) is 3.51. The van der Waals surface area contributed by atoms with Crippen molar-refractivity contribution in [2.24, 2.45) is 0 Å². The second kappa shape index (κ2) is 3.54. The van der Waals surface area contributed by atoms with Gasteiger partial charge in [0, 0.05) is 3.57 Å². The van der Waals surface area contributed by atoms with Crippen LogP contribution in [0.5, 0.6) is 0 Å². The molecule has 1 aromatic carbocycles. The quantitative estimate of drug-likeness (QED) is 0.770. The van der Waals surface area contributed by atoms with Gasteiger partial charge in [-0.05, 0) is 59.2 Å². The van der Waals surface area contributed by atoms with Gasteiger partial charge in [0.1, 0.15) is 0 Å². The van der Waals surface area contributed by atoms with E-state index in [1.807, 2.05) is 19.1 Å². The zero-order chi connectivity index (χ0) is 8.43. The van der Waals surface area contributed by atoms with Gasteiger partial charge in [-0.3, -0.25) is 0 Å². The lowest BCUT2D eigenvalue weighted by Crippen LogP contribution is -1.93. The molecule has 0 spiro atoms. The van der Waals surface area contributed by atoms with Crippen molar-refractivity contribution in [3.05, 3.63) is 32.4 Å². The van der Waals surface area contributed by atoms with Crippen LogP contribution in [-0.4, -0.2) is 5.11 Å². The molecule has 0 unspecified atom stereocenters. The number of hydrogen-bond acceptors (Lipinski definition) is 1. The lowest BCUT2D eigenvalue weighted by Gasteiger charge is -2.07. The highest BCUT2D eigenvalue weighted by Gasteiger charge is 2.02. The topological polar surface area (TPSA) is 20.2 Å². The molecule has 0 radical (unpaired) electrons. The van der Waals surface area contributed by atoms with E-state index in [4.69, 9.17) is 5.11 Å². The molecule has 0 fully saturated rings. The summed E-state index contributed by atoms with van der Waals surface area (Å²) in [6.45, 7) is 4.27. The van der Waals surface area contributed by atoms with Crippen molar-refractivity contribution in [3.63, 3.8) is 0 Å². The monoisotopic (exact) mass is 262 g/mol. The van der Waals surface area contributed by atoms with Crippen molar-refractivity contribution in [2.45, 2.75) is 20.5 Å². The minimum atomic E-state index is 0.142. The number of halogens is 1. The van der Waals surface area contributed by atoms with E-state index in [1.54, 1.807) is 0 Å². The van der Waals surface area contributed by atoms with E-state index in [9.17, 15) is 0 Å². The third kappa shape index (κ3) is 1.73. The molecular formula is C9H11IO. The van der Waals surface area contributed by atoms with Gasteiger partial charge in [-0.1, -0.05) is 6.07 Å². The fourth-order valence-corrected chi connectivity index (χ4v) is 1.60. The minimum absolute atomic E-state index is 0.142. The first-order valence-electron chi connectivity index (χ1n) is 3.52. The maximum atomic E-state index is 8.93. The molecule has 60 valence electrons. The highest BCUT2D eigenvalue weighted by molar-refractivity contribution is 14.1. The van der Waals surface area contributed by atoms with Crippen LogP contribution in [0.2, 0.25) is 0 Å². The molecule has 11 heavy (non-hydrogen) atoms. The molecular weight excluding hydrogens is 251 g/mol. The van der Waals surface area contributed by atoms with Crippen molar-refractivity contribution in [1.29, 1.82) is 0 Å². The summed E-state index contributed by atoms with van der Waals surface area (Å²) in [6, 6.07) is 4.01. The molecule has 0 amide bonds. The Bertz CT molecular complexity index is 269. The van der Waals surface area contributed by atoms with Gasteiger partial charge in [0.15, 0.2) is 0 Å². The zero-order valence-electron chi connectivity index (χ0n) is 6.69. The van der Waals surface area contributed by atoms with Crippen LogP contribution >= 0.6 is 22.6 Å². The van der Waals surface area contributed by atoms with E-state index >= 15 is 0 Å². The molecule has 0 atom stereocenters. The highest BCUT2D eigenvalue weighted by atomic mass is 127. The largest absolute Gasteiger partial charge is 0.392 e. The van der Waals surface area contributed by atoms with Crippen LogP contribution in [0.25, 0.3) is 0 Å². The predicted molar refractivity (Wildman–Crippen MR) is 54.6 cm³/mol. The molecule has 0 aliphatic carbocycles. The van der Waals surface area contributed by atoms with Crippen molar-refractivity contribution in [1.82, 2.24) is 0 Å². The van der Waals surface area contributed by atoms with Crippen molar-refractivity contribution >= 4 is 22.6 Å². The summed E-state index contributed by atoms with van der Waals surface area (Å²) in [5, 5.41) is 8.93. The SMILES string of the molecule is Cc1c(I)ccc(CO)c1C. The summed E-state index contributed by atoms with van der Waals surface area (Å²) >= 11 is 2.30. The van der Waals surface area contributed by atoms with E-state index in [-0.39, 0.29) is 6.61 Å². The third-order valence-corrected chi connectivity index (χ3v) is 3.17. The summed E-state index contributed by atoms with van der Waals surface area (Å²) in [6.07, 6.45) is 0. The van der Waals surface area contributed by atoms with E-state index in [2.05, 4.69) is 29.5 Å². The molecule has 0 saturated heterocycles. The van der Waals surface area contributed by atoms with Gasteiger partial charge in [0.25, 0.3) is 0 Å². The van der Waals surface area contributed by atoms with Crippen molar-refractivity contribution < 1.29 is 5.11 Å². The van der Waals surface area contributed by atoms with Crippen LogP contribution in [0.1, 0.15) is 16.7 Å². The van der Waals surface area contributed by atoms with Gasteiger partial charge in [-0.2, -0.15) is 0 Å². The maximum absolute atomic E-state index is 8.93. The van der Waals surface area contributed by atoms with Crippen LogP contribution in [0, 0.1) is 17.4 Å². The van der Waals surface area contributed by atoms with Crippen LogP contribution in [0.4, 0.5) is 0 Å². The second-order valence-electron chi connectivity index (χ2n) is 2.61. The average molecular weight is 262 g/mol. The minimum Gasteiger partial charge on any atom is -0.392 e. The Labute approximate surface area is 80.6 Å². The predicted octanol–water partition coefficient (Wildman–Crippen LogP) is 2.40. The third-order valence-electron chi connectivity index (χ3n) is 2.00. The van der Waals surface area contributed by atoms with Crippen LogP contribution in [-0.2, 0) is 6.61 Å². The molecule has 0 heterocycles. The smallest absolute Gasteiger partial charge is 0.0684 e. The first-order chi connectivity index (χ1) is 5.16. The Morgan fingerprint density at radius 1 is 1.27 bits per heavy atom. The number of hydrogen-bond donors (Lipinski definition) is 1. The Morgan fingerprint density at radius 2 is 1.91 bits per heavy atom. The standard InChI is InChI=1S/C9H11IO/c1-6-7(2)9(10)4-3-8(6)5-11/h3-4,11H,5H2,1-2H3. The van der Waals surface area contributed by atoms with Crippen molar-refractivity contribution in [2.75, 3.05) is 0 Å². The van der Waals surface area contributed by atoms with E-state index < -0.39 is 0 Å². The Balaban J connectivity index is 3.25. The van der Waals surface area contributed by atoms with Crippen LogP contribution in [0.15, 0.2) is 12.1 Å². The Hall–Kier alpha value is -0.0900. The molecule has 0 bridgehead atoms. The van der Waals surface area contributed by atoms with Gasteiger partial charge < -0.3 is 5.11 Å². The van der Waals surface area contributed by atoms with Crippen molar-refractivity contribution in [3.8, 4) is 0 Å². The van der Waals surface area contributed by atoms with Gasteiger partial charge in [-0.25, -0.2) is 0 Å². The van der Waals surface area contributed by atoms with E-state index in [0.29, 0.717) is 0 Å². The molecule has 0 aromatic heterocycles. The summed E-state index contributed by atoms with van der Waals surface area (Å²) in [4.78, 5) is 0. The highest BCUT2D eigenvalue weighted by Crippen LogP contribution is 2.18.